The lowest BCUT2D eigenvalue weighted by atomic mass is 10.2. The minimum absolute atomic E-state index is 0.648. The molecule has 2 aromatic rings. The number of pyridine rings is 2. The maximum Gasteiger partial charge on any atom is 0.113 e. The minimum atomic E-state index is 0.648. The molecule has 0 unspecified atom stereocenters. The van der Waals surface area contributed by atoms with Crippen LogP contribution in [0.5, 0.6) is 0 Å². The van der Waals surface area contributed by atoms with Gasteiger partial charge in [-0.2, -0.15) is 0 Å². The largest absolute Gasteiger partial charge is 0.248 e. The van der Waals surface area contributed by atoms with Crippen LogP contribution >= 0.6 is 11.6 Å². The van der Waals surface area contributed by atoms with Gasteiger partial charge in [-0.1, -0.05) is 17.9 Å². The summed E-state index contributed by atoms with van der Waals surface area (Å²) in [6.45, 7) is 0. The number of aromatic nitrogens is 2. The van der Waals surface area contributed by atoms with E-state index in [1.165, 1.54) is 0 Å². The normalized spacial score (nSPS) is 9.05. The first kappa shape index (κ1) is 14.1. The summed E-state index contributed by atoms with van der Waals surface area (Å²) in [6, 6.07) is 9.42. The summed E-state index contributed by atoms with van der Waals surface area (Å²) in [5.74, 6) is 12.7. The van der Waals surface area contributed by atoms with E-state index < -0.39 is 0 Å². The van der Waals surface area contributed by atoms with Crippen molar-refractivity contribution in [3.05, 3.63) is 59.7 Å². The fourth-order valence-electron chi connectivity index (χ4n) is 1.43. The molecule has 0 saturated carbocycles. The van der Waals surface area contributed by atoms with Crippen LogP contribution in [0.25, 0.3) is 0 Å². The first-order chi connectivity index (χ1) is 9.88. The smallest absolute Gasteiger partial charge is 0.113 e. The molecule has 98 valence electrons. The Kier molecular flexibility index (Phi) is 5.65. The number of alkyl halides is 1. The molecule has 3 heteroatoms. The predicted octanol–water partition coefficient (Wildman–Crippen LogP) is 3.25. The van der Waals surface area contributed by atoms with Crippen LogP contribution in [0.15, 0.2) is 42.7 Å². The Morgan fingerprint density at radius 2 is 1.80 bits per heavy atom. The second kappa shape index (κ2) is 8.00. The Bertz CT molecular complexity index is 655. The Morgan fingerprint density at radius 1 is 0.950 bits per heavy atom. The van der Waals surface area contributed by atoms with Gasteiger partial charge in [0.05, 0.1) is 0 Å². The van der Waals surface area contributed by atoms with Gasteiger partial charge in [0.1, 0.15) is 11.4 Å². The van der Waals surface area contributed by atoms with Crippen LogP contribution in [0.3, 0.4) is 0 Å². The maximum absolute atomic E-state index is 5.59. The van der Waals surface area contributed by atoms with Crippen LogP contribution < -0.4 is 0 Å². The molecule has 0 aromatic carbocycles. The average molecular weight is 281 g/mol. The summed E-state index contributed by atoms with van der Waals surface area (Å²) < 4.78 is 0. The van der Waals surface area contributed by atoms with Crippen molar-refractivity contribution in [2.45, 2.75) is 12.8 Å². The Labute approximate surface area is 124 Å². The van der Waals surface area contributed by atoms with Gasteiger partial charge in [-0.15, -0.1) is 11.6 Å². The van der Waals surface area contributed by atoms with Gasteiger partial charge in [0.15, 0.2) is 0 Å². The number of hydrogen-bond donors (Lipinski definition) is 0. The van der Waals surface area contributed by atoms with E-state index in [2.05, 4.69) is 33.6 Å². The van der Waals surface area contributed by atoms with Crippen LogP contribution in [0.1, 0.15) is 29.8 Å². The van der Waals surface area contributed by atoms with Gasteiger partial charge in [-0.05, 0) is 42.5 Å². The first-order valence-electron chi connectivity index (χ1n) is 6.32. The zero-order chi connectivity index (χ0) is 14.0. The molecule has 0 radical (unpaired) electrons. The van der Waals surface area contributed by atoms with E-state index in [0.717, 1.165) is 24.1 Å². The SMILES string of the molecule is ClCCCC#Cc1ccc(C#Cc2ccccn2)nc1. The summed E-state index contributed by atoms with van der Waals surface area (Å²) >= 11 is 5.59. The summed E-state index contributed by atoms with van der Waals surface area (Å²) in [5.41, 5.74) is 2.34. The van der Waals surface area contributed by atoms with E-state index in [9.17, 15) is 0 Å². The van der Waals surface area contributed by atoms with Gasteiger partial charge in [0.2, 0.25) is 0 Å². The third-order valence-electron chi connectivity index (χ3n) is 2.42. The zero-order valence-electron chi connectivity index (χ0n) is 10.9. The second-order valence-electron chi connectivity index (χ2n) is 3.99. The van der Waals surface area contributed by atoms with E-state index in [1.54, 1.807) is 12.4 Å². The quantitative estimate of drug-likeness (QED) is 0.479. The third kappa shape index (κ3) is 4.76. The molecule has 2 aromatic heterocycles. The zero-order valence-corrected chi connectivity index (χ0v) is 11.7. The van der Waals surface area contributed by atoms with Crippen molar-refractivity contribution in [2.75, 3.05) is 5.88 Å². The Morgan fingerprint density at radius 3 is 2.45 bits per heavy atom. The highest BCUT2D eigenvalue weighted by atomic mass is 35.5. The molecule has 2 nitrogen and oxygen atoms in total. The van der Waals surface area contributed by atoms with Crippen molar-refractivity contribution in [2.24, 2.45) is 0 Å². The molecule has 0 bridgehead atoms. The fraction of sp³-hybridized carbons (Fsp3) is 0.176. The number of halogens is 1. The van der Waals surface area contributed by atoms with Gasteiger partial charge in [-0.25, -0.2) is 9.97 Å². The molecule has 2 heterocycles. The molecule has 0 N–H and O–H groups in total. The van der Waals surface area contributed by atoms with Gasteiger partial charge in [-0.3, -0.25) is 0 Å². The predicted molar refractivity (Wildman–Crippen MR) is 81.3 cm³/mol. The van der Waals surface area contributed by atoms with Crippen LogP contribution in [0, 0.1) is 23.7 Å². The number of nitrogens with zero attached hydrogens (tertiary/aromatic N) is 2. The lowest BCUT2D eigenvalue weighted by Gasteiger charge is -1.91. The molecule has 0 atom stereocenters. The Balaban J connectivity index is 2.01. The molecule has 2 rings (SSSR count). The minimum Gasteiger partial charge on any atom is -0.248 e. The average Bonchev–Trinajstić information content (AvgIpc) is 2.52. The van der Waals surface area contributed by atoms with E-state index in [-0.39, 0.29) is 0 Å². The summed E-state index contributed by atoms with van der Waals surface area (Å²) in [6.07, 6.45) is 5.17. The summed E-state index contributed by atoms with van der Waals surface area (Å²) in [7, 11) is 0. The molecule has 0 fully saturated rings. The lowest BCUT2D eigenvalue weighted by molar-refractivity contribution is 0.991. The van der Waals surface area contributed by atoms with Crippen molar-refractivity contribution < 1.29 is 0 Å². The van der Waals surface area contributed by atoms with Gasteiger partial charge >= 0.3 is 0 Å². The van der Waals surface area contributed by atoms with Crippen molar-refractivity contribution in [1.29, 1.82) is 0 Å². The standard InChI is InChI=1S/C17H13ClN2/c18-12-4-1-2-6-15-8-9-17(20-14-15)11-10-16-7-3-5-13-19-16/h3,5,7-9,13-14H,1,4,12H2. The molecule has 20 heavy (non-hydrogen) atoms. The highest BCUT2D eigenvalue weighted by Crippen LogP contribution is 1.99. The van der Waals surface area contributed by atoms with Crippen LogP contribution in [0.2, 0.25) is 0 Å². The van der Waals surface area contributed by atoms with Crippen molar-refractivity contribution in [1.82, 2.24) is 9.97 Å². The van der Waals surface area contributed by atoms with Crippen molar-refractivity contribution in [3.8, 4) is 23.7 Å². The van der Waals surface area contributed by atoms with Crippen molar-refractivity contribution >= 4 is 11.6 Å². The van der Waals surface area contributed by atoms with Gasteiger partial charge in [0, 0.05) is 30.3 Å². The lowest BCUT2D eigenvalue weighted by Crippen LogP contribution is -1.85. The molecule has 0 amide bonds. The molecular weight excluding hydrogens is 268 g/mol. The highest BCUT2D eigenvalue weighted by Gasteiger charge is 1.90. The van der Waals surface area contributed by atoms with Gasteiger partial charge in [0.25, 0.3) is 0 Å². The van der Waals surface area contributed by atoms with E-state index in [1.807, 2.05) is 30.3 Å². The molecule has 0 spiro atoms. The molecule has 0 saturated heterocycles. The molecule has 0 aliphatic heterocycles. The molecular formula is C17H13ClN2. The summed E-state index contributed by atoms with van der Waals surface area (Å²) in [4.78, 5) is 8.40. The monoisotopic (exact) mass is 280 g/mol. The maximum atomic E-state index is 5.59. The van der Waals surface area contributed by atoms with E-state index >= 15 is 0 Å². The van der Waals surface area contributed by atoms with E-state index in [4.69, 9.17) is 11.6 Å². The number of hydrogen-bond acceptors (Lipinski definition) is 2. The second-order valence-corrected chi connectivity index (χ2v) is 4.37. The Hall–Kier alpha value is -2.29. The first-order valence-corrected chi connectivity index (χ1v) is 6.86. The van der Waals surface area contributed by atoms with Crippen LogP contribution in [-0.4, -0.2) is 15.8 Å². The van der Waals surface area contributed by atoms with Gasteiger partial charge < -0.3 is 0 Å². The topological polar surface area (TPSA) is 25.8 Å². The van der Waals surface area contributed by atoms with Crippen molar-refractivity contribution in [3.63, 3.8) is 0 Å². The van der Waals surface area contributed by atoms with E-state index in [0.29, 0.717) is 11.6 Å². The fourth-order valence-corrected chi connectivity index (χ4v) is 1.56. The highest BCUT2D eigenvalue weighted by molar-refractivity contribution is 6.17. The molecule has 0 aliphatic rings. The molecule has 0 aliphatic carbocycles. The summed E-state index contributed by atoms with van der Waals surface area (Å²) in [5, 5.41) is 0. The number of unbranched alkanes of at least 4 members (excludes halogenated alkanes) is 1. The number of rotatable bonds is 2. The third-order valence-corrected chi connectivity index (χ3v) is 2.68. The van der Waals surface area contributed by atoms with Crippen LogP contribution in [-0.2, 0) is 0 Å². The van der Waals surface area contributed by atoms with Crippen LogP contribution in [0.4, 0.5) is 0 Å².